The Hall–Kier alpha value is -1.29. The summed E-state index contributed by atoms with van der Waals surface area (Å²) in [6.07, 6.45) is 0.0202. The molecule has 82 valence electrons. The molecule has 1 aromatic heterocycles. The number of rotatable bonds is 2. The fourth-order valence-corrected chi connectivity index (χ4v) is 2.06. The van der Waals surface area contributed by atoms with Crippen LogP contribution in [-0.2, 0) is 11.3 Å². The minimum atomic E-state index is -0.870. The predicted octanol–water partition coefficient (Wildman–Crippen LogP) is 1.91. The van der Waals surface area contributed by atoms with Crippen molar-refractivity contribution in [3.05, 3.63) is 23.5 Å². The molecule has 0 fully saturated rings. The highest BCUT2D eigenvalue weighted by atomic mass is 16.5. The fraction of sp³-hybridized carbons (Fsp3) is 0.545. The summed E-state index contributed by atoms with van der Waals surface area (Å²) in [5.41, 5.74) is 1.34. The van der Waals surface area contributed by atoms with Gasteiger partial charge in [0, 0.05) is 12.2 Å². The lowest BCUT2D eigenvalue weighted by Gasteiger charge is -2.28. The van der Waals surface area contributed by atoms with Crippen molar-refractivity contribution in [1.82, 2.24) is 4.57 Å². The molecule has 0 aromatic carbocycles. The van der Waals surface area contributed by atoms with Gasteiger partial charge in [-0.15, -0.1) is 0 Å². The first-order chi connectivity index (χ1) is 7.11. The van der Waals surface area contributed by atoms with E-state index in [9.17, 15) is 4.79 Å². The third kappa shape index (κ3) is 1.65. The lowest BCUT2D eigenvalue weighted by molar-refractivity contribution is -0.00905. The summed E-state index contributed by atoms with van der Waals surface area (Å²) in [5.74, 6) is -0.508. The van der Waals surface area contributed by atoms with E-state index in [0.29, 0.717) is 24.8 Å². The van der Waals surface area contributed by atoms with E-state index in [0.717, 1.165) is 5.69 Å². The summed E-state index contributed by atoms with van der Waals surface area (Å²) in [5, 5.41) is 8.99. The molecule has 1 unspecified atom stereocenters. The Balaban J connectivity index is 2.42. The number of hydrogen-bond acceptors (Lipinski definition) is 2. The predicted molar refractivity (Wildman–Crippen MR) is 54.9 cm³/mol. The van der Waals surface area contributed by atoms with Crippen LogP contribution < -0.4 is 0 Å². The average Bonchev–Trinajstić information content (AvgIpc) is 2.59. The van der Waals surface area contributed by atoms with Crippen molar-refractivity contribution >= 4 is 5.97 Å². The van der Waals surface area contributed by atoms with Crippen LogP contribution in [0.2, 0.25) is 0 Å². The Kier molecular flexibility index (Phi) is 2.52. The van der Waals surface area contributed by atoms with E-state index in [1.165, 1.54) is 0 Å². The number of fused-ring (bicyclic) bond motifs is 1. The van der Waals surface area contributed by atoms with Gasteiger partial charge in [-0.25, -0.2) is 4.79 Å². The van der Waals surface area contributed by atoms with E-state index in [1.54, 1.807) is 6.07 Å². The van der Waals surface area contributed by atoms with Crippen molar-refractivity contribution in [3.8, 4) is 0 Å². The van der Waals surface area contributed by atoms with Crippen molar-refractivity contribution in [2.24, 2.45) is 5.92 Å². The van der Waals surface area contributed by atoms with E-state index in [2.05, 4.69) is 13.8 Å². The minimum absolute atomic E-state index is 0.0202. The molecule has 0 radical (unpaired) electrons. The monoisotopic (exact) mass is 209 g/mol. The highest BCUT2D eigenvalue weighted by Crippen LogP contribution is 2.30. The van der Waals surface area contributed by atoms with E-state index in [4.69, 9.17) is 9.84 Å². The van der Waals surface area contributed by atoms with E-state index >= 15 is 0 Å². The second-order valence-electron chi connectivity index (χ2n) is 4.14. The third-order valence-electron chi connectivity index (χ3n) is 2.74. The Morgan fingerprint density at radius 2 is 2.33 bits per heavy atom. The molecule has 2 heterocycles. The zero-order chi connectivity index (χ0) is 11.0. The molecule has 1 aliphatic heterocycles. The summed E-state index contributed by atoms with van der Waals surface area (Å²) in [6, 6.07) is 3.51. The van der Waals surface area contributed by atoms with Crippen molar-refractivity contribution < 1.29 is 14.6 Å². The molecule has 0 spiro atoms. The number of aromatic nitrogens is 1. The lowest BCUT2D eigenvalue weighted by Crippen LogP contribution is -2.26. The number of carboxylic acids is 1. The molecule has 1 atom stereocenters. The second kappa shape index (κ2) is 3.70. The maximum atomic E-state index is 10.9. The zero-order valence-electron chi connectivity index (χ0n) is 8.93. The smallest absolute Gasteiger partial charge is 0.352 e. The van der Waals surface area contributed by atoms with Crippen LogP contribution in [0.15, 0.2) is 12.1 Å². The number of aromatic carboxylic acids is 1. The molecule has 4 nitrogen and oxygen atoms in total. The van der Waals surface area contributed by atoms with Crippen molar-refractivity contribution in [3.63, 3.8) is 0 Å². The molecule has 0 saturated heterocycles. The van der Waals surface area contributed by atoms with Crippen molar-refractivity contribution in [2.45, 2.75) is 26.5 Å². The highest BCUT2D eigenvalue weighted by Gasteiger charge is 2.26. The summed E-state index contributed by atoms with van der Waals surface area (Å²) < 4.78 is 7.49. The second-order valence-corrected chi connectivity index (χ2v) is 4.14. The molecule has 0 saturated carbocycles. The Morgan fingerprint density at radius 3 is 2.93 bits per heavy atom. The largest absolute Gasteiger partial charge is 0.477 e. The van der Waals surface area contributed by atoms with Crippen LogP contribution in [-0.4, -0.2) is 22.2 Å². The molecule has 2 rings (SSSR count). The number of carboxylic acid groups (broad SMARTS) is 1. The van der Waals surface area contributed by atoms with E-state index < -0.39 is 5.97 Å². The van der Waals surface area contributed by atoms with Crippen molar-refractivity contribution in [1.29, 1.82) is 0 Å². The summed E-state index contributed by atoms with van der Waals surface area (Å²) in [4.78, 5) is 10.9. The summed E-state index contributed by atoms with van der Waals surface area (Å²) in [7, 11) is 0. The SMILES string of the molecule is CC(C)C1OCCn2c(C(=O)O)ccc21. The number of hydrogen-bond donors (Lipinski definition) is 1. The molecular formula is C11H15NO3. The standard InChI is InChI=1S/C11H15NO3/c1-7(2)10-8-3-4-9(11(13)14)12(8)5-6-15-10/h3-4,7,10H,5-6H2,1-2H3,(H,13,14). The van der Waals surface area contributed by atoms with Crippen LogP contribution in [0.5, 0.6) is 0 Å². The Bertz CT molecular complexity index is 381. The van der Waals surface area contributed by atoms with Crippen LogP contribution in [0, 0.1) is 5.92 Å². The molecule has 4 heteroatoms. The highest BCUT2D eigenvalue weighted by molar-refractivity contribution is 5.86. The van der Waals surface area contributed by atoms with E-state index in [1.807, 2.05) is 10.6 Å². The molecule has 15 heavy (non-hydrogen) atoms. The normalized spacial score (nSPS) is 20.3. The van der Waals surface area contributed by atoms with Gasteiger partial charge in [-0.3, -0.25) is 0 Å². The maximum absolute atomic E-state index is 10.9. The van der Waals surface area contributed by atoms with Gasteiger partial charge in [0.1, 0.15) is 5.69 Å². The maximum Gasteiger partial charge on any atom is 0.352 e. The van der Waals surface area contributed by atoms with Crippen molar-refractivity contribution in [2.75, 3.05) is 6.61 Å². The van der Waals surface area contributed by atoms with E-state index in [-0.39, 0.29) is 6.10 Å². The third-order valence-corrected chi connectivity index (χ3v) is 2.74. The molecule has 1 N–H and O–H groups in total. The molecule has 0 aliphatic carbocycles. The van der Waals surface area contributed by atoms with Gasteiger partial charge in [-0.05, 0) is 18.1 Å². The Labute approximate surface area is 88.5 Å². The quantitative estimate of drug-likeness (QED) is 0.809. The van der Waals surface area contributed by atoms with Crippen LogP contribution in [0.3, 0.4) is 0 Å². The summed E-state index contributed by atoms with van der Waals surface area (Å²) in [6.45, 7) is 5.37. The minimum Gasteiger partial charge on any atom is -0.477 e. The molecule has 0 bridgehead atoms. The topological polar surface area (TPSA) is 51.5 Å². The molecule has 1 aliphatic rings. The van der Waals surface area contributed by atoms with Gasteiger partial charge in [0.05, 0.1) is 12.7 Å². The number of carbonyl (C=O) groups is 1. The van der Waals surface area contributed by atoms with Gasteiger partial charge in [0.2, 0.25) is 0 Å². The van der Waals surface area contributed by atoms with Crippen LogP contribution in [0.25, 0.3) is 0 Å². The van der Waals surface area contributed by atoms with Crippen LogP contribution in [0.1, 0.15) is 36.1 Å². The average molecular weight is 209 g/mol. The van der Waals surface area contributed by atoms with Gasteiger partial charge >= 0.3 is 5.97 Å². The zero-order valence-corrected chi connectivity index (χ0v) is 8.93. The van der Waals surface area contributed by atoms with Gasteiger partial charge < -0.3 is 14.4 Å². The number of ether oxygens (including phenoxy) is 1. The Morgan fingerprint density at radius 1 is 1.60 bits per heavy atom. The van der Waals surface area contributed by atoms with Gasteiger partial charge in [0.25, 0.3) is 0 Å². The first-order valence-corrected chi connectivity index (χ1v) is 5.15. The molecule has 1 aromatic rings. The van der Waals surface area contributed by atoms with Crippen LogP contribution in [0.4, 0.5) is 0 Å². The molecular weight excluding hydrogens is 194 g/mol. The van der Waals surface area contributed by atoms with Gasteiger partial charge in [0.15, 0.2) is 0 Å². The fourth-order valence-electron chi connectivity index (χ4n) is 2.06. The first-order valence-electron chi connectivity index (χ1n) is 5.15. The van der Waals surface area contributed by atoms with Gasteiger partial charge in [-0.1, -0.05) is 13.8 Å². The van der Waals surface area contributed by atoms with Crippen LogP contribution >= 0.6 is 0 Å². The van der Waals surface area contributed by atoms with Gasteiger partial charge in [-0.2, -0.15) is 0 Å². The summed E-state index contributed by atoms with van der Waals surface area (Å²) >= 11 is 0. The lowest BCUT2D eigenvalue weighted by atomic mass is 10.0. The molecule has 0 amide bonds. The first kappa shape index (κ1) is 10.2. The number of nitrogens with zero attached hydrogens (tertiary/aromatic N) is 1.